The van der Waals surface area contributed by atoms with Gasteiger partial charge in [0, 0.05) is 23.9 Å². The Balaban J connectivity index is 1.85. The second-order valence-electron chi connectivity index (χ2n) is 7.13. The molecule has 7 nitrogen and oxygen atoms in total. The molecule has 3 N–H and O–H groups in total. The Morgan fingerprint density at radius 3 is 2.43 bits per heavy atom. The van der Waals surface area contributed by atoms with Gasteiger partial charge in [0.25, 0.3) is 5.91 Å². The lowest BCUT2D eigenvalue weighted by atomic mass is 10.0. The van der Waals surface area contributed by atoms with E-state index in [1.807, 2.05) is 37.3 Å². The van der Waals surface area contributed by atoms with Crippen LogP contribution in [0.2, 0.25) is 0 Å². The number of nitrogens with two attached hydrogens (primary N) is 1. The average Bonchev–Trinajstić information content (AvgIpc) is 3.03. The maximum Gasteiger partial charge on any atom is 0.256 e. The molecule has 4 aromatic rings. The van der Waals surface area contributed by atoms with Gasteiger partial charge in [0.1, 0.15) is 0 Å². The number of benzene rings is 2. The van der Waals surface area contributed by atoms with Crippen molar-refractivity contribution in [2.75, 3.05) is 5.32 Å². The average molecular weight is 399 g/mol. The number of nitrogens with one attached hydrogen (secondary N) is 1. The SMILES string of the molecule is Cc1c(NC(=O)c2cc(-c3ccccc3)nc3c2c(C)nn3C)cccc1C(N)=O. The van der Waals surface area contributed by atoms with Gasteiger partial charge in [-0.15, -0.1) is 0 Å². The molecule has 0 fully saturated rings. The number of rotatable bonds is 4. The van der Waals surface area contributed by atoms with Crippen molar-refractivity contribution in [1.29, 1.82) is 0 Å². The van der Waals surface area contributed by atoms with Crippen LogP contribution in [0.15, 0.2) is 54.6 Å². The summed E-state index contributed by atoms with van der Waals surface area (Å²) in [5.74, 6) is -0.843. The predicted molar refractivity (Wildman–Crippen MR) is 116 cm³/mol. The maximum absolute atomic E-state index is 13.3. The van der Waals surface area contributed by atoms with Crippen molar-refractivity contribution in [3.05, 3.63) is 77.0 Å². The maximum atomic E-state index is 13.3. The highest BCUT2D eigenvalue weighted by Gasteiger charge is 2.20. The molecule has 30 heavy (non-hydrogen) atoms. The van der Waals surface area contributed by atoms with Crippen molar-refractivity contribution in [2.24, 2.45) is 12.8 Å². The normalized spacial score (nSPS) is 10.9. The third kappa shape index (κ3) is 3.30. The Bertz CT molecular complexity index is 1290. The second-order valence-corrected chi connectivity index (χ2v) is 7.13. The van der Waals surface area contributed by atoms with Crippen LogP contribution >= 0.6 is 0 Å². The molecule has 0 aliphatic rings. The van der Waals surface area contributed by atoms with Crippen LogP contribution in [-0.2, 0) is 7.05 Å². The molecule has 0 aliphatic carbocycles. The number of aryl methyl sites for hydroxylation is 2. The minimum Gasteiger partial charge on any atom is -0.366 e. The summed E-state index contributed by atoms with van der Waals surface area (Å²) in [4.78, 5) is 29.7. The lowest BCUT2D eigenvalue weighted by Crippen LogP contribution is -2.17. The number of nitrogens with zero attached hydrogens (tertiary/aromatic N) is 3. The summed E-state index contributed by atoms with van der Waals surface area (Å²) in [6.45, 7) is 3.60. The third-order valence-corrected chi connectivity index (χ3v) is 5.13. The molecule has 0 atom stereocenters. The van der Waals surface area contributed by atoms with Crippen molar-refractivity contribution in [3.63, 3.8) is 0 Å². The van der Waals surface area contributed by atoms with Crippen LogP contribution in [0, 0.1) is 13.8 Å². The lowest BCUT2D eigenvalue weighted by molar-refractivity contribution is 0.0995. The topological polar surface area (TPSA) is 103 Å². The van der Waals surface area contributed by atoms with E-state index in [-0.39, 0.29) is 5.91 Å². The molecule has 7 heteroatoms. The number of fused-ring (bicyclic) bond motifs is 1. The zero-order valence-electron chi connectivity index (χ0n) is 16.9. The van der Waals surface area contributed by atoms with E-state index in [0.717, 1.165) is 5.56 Å². The Labute approximate surface area is 173 Å². The number of carbonyl (C=O) groups is 2. The summed E-state index contributed by atoms with van der Waals surface area (Å²) in [5.41, 5.74) is 10.3. The smallest absolute Gasteiger partial charge is 0.256 e. The lowest BCUT2D eigenvalue weighted by Gasteiger charge is -2.12. The van der Waals surface area contributed by atoms with Crippen LogP contribution in [-0.4, -0.2) is 26.6 Å². The Hall–Kier alpha value is -4.00. The molecule has 2 amide bonds. The predicted octanol–water partition coefficient (Wildman–Crippen LogP) is 3.60. The molecule has 2 aromatic heterocycles. The highest BCUT2D eigenvalue weighted by molar-refractivity contribution is 6.14. The van der Waals surface area contributed by atoms with Crippen LogP contribution in [0.1, 0.15) is 32.0 Å². The number of amides is 2. The van der Waals surface area contributed by atoms with Gasteiger partial charge >= 0.3 is 0 Å². The molecule has 0 spiro atoms. The molecule has 2 heterocycles. The number of carbonyl (C=O) groups excluding carboxylic acids is 2. The van der Waals surface area contributed by atoms with Gasteiger partial charge < -0.3 is 11.1 Å². The molecule has 0 bridgehead atoms. The summed E-state index contributed by atoms with van der Waals surface area (Å²) in [5, 5.41) is 8.05. The van der Waals surface area contributed by atoms with Crippen LogP contribution in [0.4, 0.5) is 5.69 Å². The molecule has 150 valence electrons. The van der Waals surface area contributed by atoms with E-state index in [4.69, 9.17) is 10.7 Å². The highest BCUT2D eigenvalue weighted by atomic mass is 16.2. The largest absolute Gasteiger partial charge is 0.366 e. The van der Waals surface area contributed by atoms with Gasteiger partial charge in [-0.05, 0) is 37.6 Å². The van der Waals surface area contributed by atoms with E-state index < -0.39 is 5.91 Å². The van der Waals surface area contributed by atoms with Crippen LogP contribution in [0.3, 0.4) is 0 Å². The van der Waals surface area contributed by atoms with Gasteiger partial charge in [0.05, 0.1) is 22.3 Å². The summed E-state index contributed by atoms with van der Waals surface area (Å²) < 4.78 is 1.67. The minimum atomic E-state index is -0.538. The fourth-order valence-corrected chi connectivity index (χ4v) is 3.61. The van der Waals surface area contributed by atoms with Gasteiger partial charge in [-0.3, -0.25) is 14.3 Å². The number of anilines is 1. The van der Waals surface area contributed by atoms with E-state index >= 15 is 0 Å². The van der Waals surface area contributed by atoms with E-state index in [1.54, 1.807) is 42.9 Å². The van der Waals surface area contributed by atoms with Crippen molar-refractivity contribution in [2.45, 2.75) is 13.8 Å². The number of hydrogen-bond acceptors (Lipinski definition) is 4. The first kappa shape index (κ1) is 19.3. The number of hydrogen-bond donors (Lipinski definition) is 2. The van der Waals surface area contributed by atoms with Gasteiger partial charge in [-0.1, -0.05) is 36.4 Å². The van der Waals surface area contributed by atoms with Crippen molar-refractivity contribution in [3.8, 4) is 11.3 Å². The van der Waals surface area contributed by atoms with Crippen LogP contribution < -0.4 is 11.1 Å². The molecule has 2 aromatic carbocycles. The second kappa shape index (κ2) is 7.44. The standard InChI is InChI=1S/C23H21N5O2/c1-13-16(21(24)29)10-7-11-18(13)26-23(30)17-12-19(15-8-5-4-6-9-15)25-22-20(17)14(2)27-28(22)3/h4-12H,1-3H3,(H2,24,29)(H,26,30). The van der Waals surface area contributed by atoms with Gasteiger partial charge in [0.15, 0.2) is 5.65 Å². The Kier molecular flexibility index (Phi) is 4.79. The first-order valence-corrected chi connectivity index (χ1v) is 9.47. The van der Waals surface area contributed by atoms with Gasteiger partial charge in [-0.25, -0.2) is 4.98 Å². The Morgan fingerprint density at radius 1 is 1.00 bits per heavy atom. The Morgan fingerprint density at radius 2 is 1.73 bits per heavy atom. The molecule has 0 unspecified atom stereocenters. The molecule has 0 radical (unpaired) electrons. The van der Waals surface area contributed by atoms with E-state index in [2.05, 4.69) is 10.4 Å². The quantitative estimate of drug-likeness (QED) is 0.547. The van der Waals surface area contributed by atoms with Crippen molar-refractivity contribution in [1.82, 2.24) is 14.8 Å². The first-order valence-electron chi connectivity index (χ1n) is 9.47. The minimum absolute atomic E-state index is 0.305. The monoisotopic (exact) mass is 399 g/mol. The van der Waals surface area contributed by atoms with Crippen molar-refractivity contribution < 1.29 is 9.59 Å². The molecule has 4 rings (SSSR count). The van der Waals surface area contributed by atoms with Gasteiger partial charge in [0.2, 0.25) is 5.91 Å². The zero-order valence-corrected chi connectivity index (χ0v) is 16.9. The third-order valence-electron chi connectivity index (χ3n) is 5.13. The molecule has 0 saturated heterocycles. The fraction of sp³-hybridized carbons (Fsp3) is 0.130. The number of primary amides is 1. The van der Waals surface area contributed by atoms with Crippen LogP contribution in [0.5, 0.6) is 0 Å². The van der Waals surface area contributed by atoms with E-state index in [1.165, 1.54) is 0 Å². The van der Waals surface area contributed by atoms with E-state index in [0.29, 0.717) is 44.8 Å². The number of aromatic nitrogens is 3. The summed E-state index contributed by atoms with van der Waals surface area (Å²) in [6.07, 6.45) is 0. The van der Waals surface area contributed by atoms with Gasteiger partial charge in [-0.2, -0.15) is 5.10 Å². The summed E-state index contributed by atoms with van der Waals surface area (Å²) >= 11 is 0. The molecule has 0 aliphatic heterocycles. The van der Waals surface area contributed by atoms with Crippen molar-refractivity contribution >= 4 is 28.5 Å². The number of pyridine rings is 1. The zero-order chi connectivity index (χ0) is 21.4. The summed E-state index contributed by atoms with van der Waals surface area (Å²) in [7, 11) is 1.80. The van der Waals surface area contributed by atoms with Crippen LogP contribution in [0.25, 0.3) is 22.3 Å². The molecular weight excluding hydrogens is 378 g/mol. The summed E-state index contributed by atoms with van der Waals surface area (Å²) in [6, 6.07) is 16.5. The highest BCUT2D eigenvalue weighted by Crippen LogP contribution is 2.28. The molecule has 0 saturated carbocycles. The fourth-order valence-electron chi connectivity index (χ4n) is 3.61. The molecular formula is C23H21N5O2. The van der Waals surface area contributed by atoms with E-state index in [9.17, 15) is 9.59 Å². The first-order chi connectivity index (χ1) is 14.4.